The summed E-state index contributed by atoms with van der Waals surface area (Å²) >= 11 is 0. The van der Waals surface area contributed by atoms with Crippen LogP contribution in [0.1, 0.15) is 13.3 Å². The van der Waals surface area contributed by atoms with Crippen LogP contribution in [0, 0.1) is 0 Å². The van der Waals surface area contributed by atoms with Crippen molar-refractivity contribution in [3.05, 3.63) is 0 Å². The summed E-state index contributed by atoms with van der Waals surface area (Å²) in [6, 6.07) is -1.09. The standard InChI is InChI=1S/C8H16N2O4/c1-2-6-7(3-11)10(5-13)8(14)9(6)4-12/h6-7,11-13H,2-5H2,1H3. The average molecular weight is 204 g/mol. The lowest BCUT2D eigenvalue weighted by molar-refractivity contribution is 0.0811. The predicted molar refractivity (Wildman–Crippen MR) is 48.2 cm³/mol. The van der Waals surface area contributed by atoms with Crippen molar-refractivity contribution in [1.29, 1.82) is 0 Å². The van der Waals surface area contributed by atoms with Gasteiger partial charge in [0.1, 0.15) is 13.5 Å². The van der Waals surface area contributed by atoms with E-state index in [-0.39, 0.29) is 19.4 Å². The summed E-state index contributed by atoms with van der Waals surface area (Å²) in [7, 11) is 0. The topological polar surface area (TPSA) is 84.2 Å². The summed E-state index contributed by atoms with van der Waals surface area (Å²) in [4.78, 5) is 13.9. The van der Waals surface area contributed by atoms with Crippen molar-refractivity contribution >= 4 is 6.03 Å². The number of hydrogen-bond acceptors (Lipinski definition) is 4. The highest BCUT2D eigenvalue weighted by molar-refractivity contribution is 5.77. The first-order valence-corrected chi connectivity index (χ1v) is 4.61. The molecule has 0 bridgehead atoms. The molecule has 1 aliphatic rings. The number of rotatable bonds is 4. The van der Waals surface area contributed by atoms with Crippen LogP contribution in [0.5, 0.6) is 0 Å². The maximum atomic E-state index is 11.5. The molecule has 0 aliphatic carbocycles. The van der Waals surface area contributed by atoms with Crippen molar-refractivity contribution in [2.24, 2.45) is 0 Å². The van der Waals surface area contributed by atoms with E-state index in [0.29, 0.717) is 6.42 Å². The van der Waals surface area contributed by atoms with Gasteiger partial charge in [0.25, 0.3) is 0 Å². The Morgan fingerprint density at radius 3 is 2.00 bits per heavy atom. The molecule has 2 unspecified atom stereocenters. The van der Waals surface area contributed by atoms with E-state index in [2.05, 4.69) is 0 Å². The minimum atomic E-state index is -0.433. The highest BCUT2D eigenvalue weighted by atomic mass is 16.3. The van der Waals surface area contributed by atoms with Crippen LogP contribution in [-0.2, 0) is 0 Å². The van der Waals surface area contributed by atoms with E-state index >= 15 is 0 Å². The maximum Gasteiger partial charge on any atom is 0.324 e. The van der Waals surface area contributed by atoms with Crippen LogP contribution in [-0.4, -0.2) is 63.3 Å². The summed E-state index contributed by atoms with van der Waals surface area (Å²) in [5.74, 6) is 0. The van der Waals surface area contributed by atoms with Crippen LogP contribution < -0.4 is 0 Å². The first kappa shape index (κ1) is 11.2. The molecule has 1 heterocycles. The maximum absolute atomic E-state index is 11.5. The van der Waals surface area contributed by atoms with Gasteiger partial charge in [0.15, 0.2) is 0 Å². The van der Waals surface area contributed by atoms with Gasteiger partial charge in [0.05, 0.1) is 18.7 Å². The second kappa shape index (κ2) is 4.59. The highest BCUT2D eigenvalue weighted by Gasteiger charge is 2.43. The Morgan fingerprint density at radius 2 is 1.64 bits per heavy atom. The third kappa shape index (κ3) is 1.56. The molecule has 1 fully saturated rings. The van der Waals surface area contributed by atoms with Crippen LogP contribution in [0.25, 0.3) is 0 Å². The van der Waals surface area contributed by atoms with Gasteiger partial charge in [-0.15, -0.1) is 0 Å². The Bertz CT molecular complexity index is 192. The van der Waals surface area contributed by atoms with Crippen LogP contribution in [0.15, 0.2) is 0 Å². The monoisotopic (exact) mass is 204 g/mol. The third-order valence-corrected chi connectivity index (χ3v) is 2.65. The lowest BCUT2D eigenvalue weighted by Gasteiger charge is -2.23. The molecule has 1 aliphatic heterocycles. The molecular weight excluding hydrogens is 188 g/mol. The predicted octanol–water partition coefficient (Wildman–Crippen LogP) is -1.24. The Hall–Kier alpha value is -0.850. The minimum Gasteiger partial charge on any atom is -0.394 e. The fourth-order valence-electron chi connectivity index (χ4n) is 1.91. The fourth-order valence-corrected chi connectivity index (χ4v) is 1.91. The second-order valence-corrected chi connectivity index (χ2v) is 3.23. The van der Waals surface area contributed by atoms with E-state index in [1.54, 1.807) is 0 Å². The molecular formula is C8H16N2O4. The smallest absolute Gasteiger partial charge is 0.324 e. The quantitative estimate of drug-likeness (QED) is 0.535. The average Bonchev–Trinajstić information content (AvgIpc) is 2.48. The van der Waals surface area contributed by atoms with E-state index in [4.69, 9.17) is 15.3 Å². The van der Waals surface area contributed by atoms with Gasteiger partial charge in [0, 0.05) is 0 Å². The summed E-state index contributed by atoms with van der Waals surface area (Å²) in [5, 5.41) is 27.0. The van der Waals surface area contributed by atoms with Gasteiger partial charge in [-0.25, -0.2) is 4.79 Å². The van der Waals surface area contributed by atoms with Crippen LogP contribution in [0.4, 0.5) is 4.79 Å². The van der Waals surface area contributed by atoms with Crippen molar-refractivity contribution < 1.29 is 20.1 Å². The second-order valence-electron chi connectivity index (χ2n) is 3.23. The number of nitrogens with zero attached hydrogens (tertiary/aromatic N) is 2. The molecule has 6 heteroatoms. The summed E-state index contributed by atoms with van der Waals surface area (Å²) in [5.41, 5.74) is 0. The van der Waals surface area contributed by atoms with Gasteiger partial charge in [-0.05, 0) is 6.42 Å². The molecule has 0 spiro atoms. The molecule has 0 aromatic carbocycles. The molecule has 6 nitrogen and oxygen atoms in total. The van der Waals surface area contributed by atoms with Crippen molar-refractivity contribution in [3.8, 4) is 0 Å². The van der Waals surface area contributed by atoms with Gasteiger partial charge < -0.3 is 15.3 Å². The molecule has 14 heavy (non-hydrogen) atoms. The van der Waals surface area contributed by atoms with Crippen molar-refractivity contribution in [3.63, 3.8) is 0 Å². The van der Waals surface area contributed by atoms with Gasteiger partial charge in [-0.2, -0.15) is 0 Å². The molecule has 0 saturated carbocycles. The van der Waals surface area contributed by atoms with Gasteiger partial charge in [-0.3, -0.25) is 9.80 Å². The van der Waals surface area contributed by atoms with E-state index in [1.165, 1.54) is 4.90 Å². The van der Waals surface area contributed by atoms with Gasteiger partial charge in [0.2, 0.25) is 0 Å². The van der Waals surface area contributed by atoms with Crippen molar-refractivity contribution in [2.45, 2.75) is 25.4 Å². The number of carbonyl (C=O) groups is 1. The first-order valence-electron chi connectivity index (χ1n) is 4.61. The van der Waals surface area contributed by atoms with Crippen LogP contribution in [0.3, 0.4) is 0 Å². The zero-order chi connectivity index (χ0) is 10.7. The van der Waals surface area contributed by atoms with Gasteiger partial charge >= 0.3 is 6.03 Å². The highest BCUT2D eigenvalue weighted by Crippen LogP contribution is 2.23. The van der Waals surface area contributed by atoms with Gasteiger partial charge in [-0.1, -0.05) is 6.92 Å². The molecule has 1 saturated heterocycles. The van der Waals surface area contributed by atoms with E-state index in [1.807, 2.05) is 6.92 Å². The lowest BCUT2D eigenvalue weighted by Crippen LogP contribution is -2.40. The number of amides is 2. The molecule has 2 atom stereocenters. The lowest BCUT2D eigenvalue weighted by atomic mass is 10.1. The zero-order valence-corrected chi connectivity index (χ0v) is 8.13. The van der Waals surface area contributed by atoms with Crippen LogP contribution in [0.2, 0.25) is 0 Å². The Balaban J connectivity index is 2.87. The summed E-state index contributed by atoms with van der Waals surface area (Å²) in [6.45, 7) is 0.840. The number of urea groups is 1. The summed E-state index contributed by atoms with van der Waals surface area (Å²) in [6.07, 6.45) is 0.633. The van der Waals surface area contributed by atoms with Crippen molar-refractivity contribution in [1.82, 2.24) is 9.80 Å². The van der Waals surface area contributed by atoms with E-state index in [9.17, 15) is 4.79 Å². The molecule has 0 aromatic rings. The normalized spacial score (nSPS) is 27.6. The van der Waals surface area contributed by atoms with Crippen LogP contribution >= 0.6 is 0 Å². The summed E-state index contributed by atoms with van der Waals surface area (Å²) < 4.78 is 0. The zero-order valence-electron chi connectivity index (χ0n) is 8.13. The molecule has 0 radical (unpaired) electrons. The SMILES string of the molecule is CCC1C(CO)N(CO)C(=O)N1CO. The Morgan fingerprint density at radius 1 is 1.14 bits per heavy atom. The molecule has 0 aromatic heterocycles. The van der Waals surface area contributed by atoms with E-state index in [0.717, 1.165) is 4.90 Å². The third-order valence-electron chi connectivity index (χ3n) is 2.65. The number of carbonyl (C=O) groups excluding carboxylic acids is 1. The van der Waals surface area contributed by atoms with Crippen molar-refractivity contribution in [2.75, 3.05) is 20.1 Å². The first-order chi connectivity index (χ1) is 6.71. The Labute approximate surface area is 82.4 Å². The molecule has 1 rings (SSSR count). The molecule has 2 amide bonds. The minimum absolute atomic E-state index is 0.207. The number of aliphatic hydroxyl groups is 3. The fraction of sp³-hybridized carbons (Fsp3) is 0.875. The molecule has 3 N–H and O–H groups in total. The number of aliphatic hydroxyl groups excluding tert-OH is 3. The molecule has 82 valence electrons. The largest absolute Gasteiger partial charge is 0.394 e. The van der Waals surface area contributed by atoms with E-state index < -0.39 is 18.8 Å². The Kier molecular flexibility index (Phi) is 3.68. The number of hydrogen-bond donors (Lipinski definition) is 3.